The second-order valence-electron chi connectivity index (χ2n) is 5.64. The van der Waals surface area contributed by atoms with Gasteiger partial charge in [-0.15, -0.1) is 0 Å². The summed E-state index contributed by atoms with van der Waals surface area (Å²) in [6.07, 6.45) is -0.871. The molecule has 0 aromatic heterocycles. The van der Waals surface area contributed by atoms with Crippen LogP contribution in [0.15, 0.2) is 34.8 Å². The first-order valence-electron chi connectivity index (χ1n) is 7.87. The van der Waals surface area contributed by atoms with Crippen LogP contribution in [0.1, 0.15) is 22.0 Å². The topological polar surface area (TPSA) is 66.5 Å². The number of ketones is 1. The molecule has 7 heteroatoms. The molecule has 0 N–H and O–H groups in total. The summed E-state index contributed by atoms with van der Waals surface area (Å²) < 4.78 is 27.3. The molecular formula is C19H19BrO6. The summed E-state index contributed by atoms with van der Waals surface area (Å²) in [6.45, 7) is 0. The number of methoxy groups -OCH3 is 4. The lowest BCUT2D eigenvalue weighted by Crippen LogP contribution is -2.10. The lowest BCUT2D eigenvalue weighted by Gasteiger charge is -2.11. The Kier molecular flexibility index (Phi) is 5.38. The van der Waals surface area contributed by atoms with E-state index in [4.69, 9.17) is 23.7 Å². The van der Waals surface area contributed by atoms with Crippen molar-refractivity contribution >= 4 is 21.7 Å². The van der Waals surface area contributed by atoms with Crippen LogP contribution in [0.5, 0.6) is 23.0 Å². The fourth-order valence-corrected chi connectivity index (χ4v) is 3.31. The van der Waals surface area contributed by atoms with E-state index in [0.29, 0.717) is 33.0 Å². The minimum atomic E-state index is -0.553. The summed E-state index contributed by atoms with van der Waals surface area (Å²) in [5, 5.41) is 0. The lowest BCUT2D eigenvalue weighted by atomic mass is 10.0. The largest absolute Gasteiger partial charge is 0.493 e. The zero-order chi connectivity index (χ0) is 18.8. The molecule has 0 aliphatic carbocycles. The molecule has 0 unspecified atom stereocenters. The van der Waals surface area contributed by atoms with Gasteiger partial charge in [0.25, 0.3) is 0 Å². The van der Waals surface area contributed by atoms with Gasteiger partial charge in [0.1, 0.15) is 6.10 Å². The van der Waals surface area contributed by atoms with Gasteiger partial charge in [-0.2, -0.15) is 0 Å². The molecule has 1 heterocycles. The first-order chi connectivity index (χ1) is 12.5. The maximum atomic E-state index is 12.8. The number of carbonyl (C=O) groups is 1. The summed E-state index contributed by atoms with van der Waals surface area (Å²) in [7, 11) is 6.22. The maximum Gasteiger partial charge on any atom is 0.195 e. The predicted octanol–water partition coefficient (Wildman–Crippen LogP) is 3.81. The number of ether oxygens (including phenoxy) is 5. The monoisotopic (exact) mass is 422 g/mol. The number of hydrogen-bond donors (Lipinski definition) is 0. The average Bonchev–Trinajstić information content (AvgIpc) is 3.47. The number of Topliss-reactive ketones (excluding diaryl/α,β-unsaturated/α-hetero) is 1. The Morgan fingerprint density at radius 1 is 0.885 bits per heavy atom. The van der Waals surface area contributed by atoms with Crippen LogP contribution in [0.2, 0.25) is 0 Å². The van der Waals surface area contributed by atoms with E-state index in [1.807, 2.05) is 12.1 Å². The SMILES string of the molecule is COc1ccc([C@@H]2O[C@H]2C(=O)c2cc(OC)c(OC)cc2Br)cc1OC. The van der Waals surface area contributed by atoms with Gasteiger partial charge in [0.2, 0.25) is 0 Å². The molecule has 0 radical (unpaired) electrons. The van der Waals surface area contributed by atoms with Gasteiger partial charge in [0.15, 0.2) is 34.9 Å². The Bertz CT molecular complexity index is 835. The Hall–Kier alpha value is -2.25. The molecule has 0 saturated carbocycles. The molecule has 0 amide bonds. The first kappa shape index (κ1) is 18.5. The molecule has 1 aliphatic heterocycles. The van der Waals surface area contributed by atoms with Crippen molar-refractivity contribution in [3.05, 3.63) is 45.9 Å². The Labute approximate surface area is 160 Å². The van der Waals surface area contributed by atoms with E-state index in [9.17, 15) is 4.79 Å². The number of carbonyl (C=O) groups excluding carboxylic acids is 1. The molecule has 3 rings (SSSR count). The normalized spacial score (nSPS) is 18.2. The van der Waals surface area contributed by atoms with Crippen LogP contribution in [0.25, 0.3) is 0 Å². The number of rotatable bonds is 7. The summed E-state index contributed by atoms with van der Waals surface area (Å²) in [6, 6.07) is 8.84. The van der Waals surface area contributed by atoms with E-state index in [-0.39, 0.29) is 11.9 Å². The predicted molar refractivity (Wildman–Crippen MR) is 98.7 cm³/mol. The number of benzene rings is 2. The van der Waals surface area contributed by atoms with Crippen LogP contribution in [0, 0.1) is 0 Å². The van der Waals surface area contributed by atoms with Crippen molar-refractivity contribution in [3.8, 4) is 23.0 Å². The van der Waals surface area contributed by atoms with Crippen molar-refractivity contribution in [2.24, 2.45) is 0 Å². The smallest absolute Gasteiger partial charge is 0.195 e. The standard InChI is InChI=1S/C19H19BrO6/c1-22-13-6-5-10(7-14(13)23-2)18-19(26-18)17(21)11-8-15(24-3)16(25-4)9-12(11)20/h5-9,18-19H,1-4H3/t18-,19-/m0/s1. The van der Waals surface area contributed by atoms with Gasteiger partial charge in [0, 0.05) is 10.0 Å². The summed E-state index contributed by atoms with van der Waals surface area (Å²) in [5.41, 5.74) is 1.34. The first-order valence-corrected chi connectivity index (χ1v) is 8.66. The third-order valence-electron chi connectivity index (χ3n) is 4.22. The maximum absolute atomic E-state index is 12.8. The molecular weight excluding hydrogens is 404 g/mol. The highest BCUT2D eigenvalue weighted by Crippen LogP contribution is 2.45. The Balaban J connectivity index is 1.83. The quantitative estimate of drug-likeness (QED) is 0.499. The van der Waals surface area contributed by atoms with Gasteiger partial charge in [0.05, 0.1) is 28.4 Å². The fraction of sp³-hybridized carbons (Fsp3) is 0.316. The summed E-state index contributed by atoms with van der Waals surface area (Å²) in [5.74, 6) is 2.13. The second-order valence-corrected chi connectivity index (χ2v) is 6.50. The van der Waals surface area contributed by atoms with Crippen molar-refractivity contribution in [2.45, 2.75) is 12.2 Å². The van der Waals surface area contributed by atoms with Crippen LogP contribution in [0.3, 0.4) is 0 Å². The molecule has 138 valence electrons. The van der Waals surface area contributed by atoms with Crippen LogP contribution >= 0.6 is 15.9 Å². The van der Waals surface area contributed by atoms with Crippen LogP contribution in [-0.2, 0) is 4.74 Å². The fourth-order valence-electron chi connectivity index (χ4n) is 2.79. The van der Waals surface area contributed by atoms with E-state index in [0.717, 1.165) is 5.56 Å². The van der Waals surface area contributed by atoms with Crippen molar-refractivity contribution < 1.29 is 28.5 Å². The minimum Gasteiger partial charge on any atom is -0.493 e. The van der Waals surface area contributed by atoms with Crippen molar-refractivity contribution in [2.75, 3.05) is 28.4 Å². The zero-order valence-corrected chi connectivity index (χ0v) is 16.5. The van der Waals surface area contributed by atoms with Gasteiger partial charge in [-0.25, -0.2) is 0 Å². The van der Waals surface area contributed by atoms with E-state index >= 15 is 0 Å². The summed E-state index contributed by atoms with van der Waals surface area (Å²) in [4.78, 5) is 12.8. The van der Waals surface area contributed by atoms with E-state index in [1.165, 1.54) is 7.11 Å². The molecule has 1 aliphatic rings. The van der Waals surface area contributed by atoms with Crippen molar-refractivity contribution in [1.82, 2.24) is 0 Å². The Morgan fingerprint density at radius 2 is 1.46 bits per heavy atom. The molecule has 0 bridgehead atoms. The van der Waals surface area contributed by atoms with Crippen LogP contribution in [0.4, 0.5) is 0 Å². The Morgan fingerprint density at radius 3 is 2.08 bits per heavy atom. The molecule has 26 heavy (non-hydrogen) atoms. The van der Waals surface area contributed by atoms with Crippen molar-refractivity contribution in [3.63, 3.8) is 0 Å². The van der Waals surface area contributed by atoms with E-state index in [2.05, 4.69) is 15.9 Å². The highest BCUT2D eigenvalue weighted by atomic mass is 79.9. The molecule has 2 aromatic carbocycles. The van der Waals surface area contributed by atoms with E-state index in [1.54, 1.807) is 39.5 Å². The zero-order valence-electron chi connectivity index (χ0n) is 14.9. The number of epoxide rings is 1. The highest BCUT2D eigenvalue weighted by molar-refractivity contribution is 9.10. The number of hydrogen-bond acceptors (Lipinski definition) is 6. The third kappa shape index (κ3) is 3.37. The second kappa shape index (κ2) is 7.55. The van der Waals surface area contributed by atoms with Gasteiger partial charge in [-0.1, -0.05) is 6.07 Å². The van der Waals surface area contributed by atoms with Crippen molar-refractivity contribution in [1.29, 1.82) is 0 Å². The molecule has 2 aromatic rings. The molecule has 1 saturated heterocycles. The van der Waals surface area contributed by atoms with Gasteiger partial charge < -0.3 is 23.7 Å². The van der Waals surface area contributed by atoms with Crippen LogP contribution in [-0.4, -0.2) is 40.3 Å². The van der Waals surface area contributed by atoms with Gasteiger partial charge in [-0.3, -0.25) is 4.79 Å². The molecule has 1 fully saturated rings. The summed E-state index contributed by atoms with van der Waals surface area (Å²) >= 11 is 3.42. The molecule has 0 spiro atoms. The minimum absolute atomic E-state index is 0.127. The number of halogens is 1. The van der Waals surface area contributed by atoms with Gasteiger partial charge >= 0.3 is 0 Å². The molecule has 2 atom stereocenters. The van der Waals surface area contributed by atoms with Gasteiger partial charge in [-0.05, 0) is 45.8 Å². The van der Waals surface area contributed by atoms with E-state index < -0.39 is 6.10 Å². The third-order valence-corrected chi connectivity index (χ3v) is 4.88. The molecule has 6 nitrogen and oxygen atoms in total. The van der Waals surface area contributed by atoms with Crippen LogP contribution < -0.4 is 18.9 Å². The highest BCUT2D eigenvalue weighted by Gasteiger charge is 2.47. The lowest BCUT2D eigenvalue weighted by molar-refractivity contribution is 0.0952. The average molecular weight is 423 g/mol.